The molecule has 6 nitrogen and oxygen atoms in total. The number of hydrogen-bond acceptors (Lipinski definition) is 5. The number of hydrogen-bond donors (Lipinski definition) is 2. The first-order chi connectivity index (χ1) is 4.75. The van der Waals surface area contributed by atoms with Crippen molar-refractivity contribution in [2.45, 2.75) is 0 Å². The summed E-state index contributed by atoms with van der Waals surface area (Å²) in [6.45, 7) is 0. The average Bonchev–Trinajstić information content (AvgIpc) is 1.88. The summed E-state index contributed by atoms with van der Waals surface area (Å²) in [6.07, 6.45) is 0.979. The number of aromatic nitrogens is 2. The number of aromatic amines is 1. The van der Waals surface area contributed by atoms with Crippen molar-refractivity contribution in [2.24, 2.45) is 5.18 Å². The third-order valence-electron chi connectivity index (χ3n) is 0.901. The lowest BCUT2D eigenvalue weighted by Gasteiger charge is -1.88. The fourth-order valence-corrected chi connectivity index (χ4v) is 0.465. The van der Waals surface area contributed by atoms with E-state index in [-0.39, 0.29) is 0 Å². The summed E-state index contributed by atoms with van der Waals surface area (Å²) in [5.74, 6) is -0.654. The van der Waals surface area contributed by atoms with Crippen molar-refractivity contribution >= 4 is 5.69 Å². The van der Waals surface area contributed by atoms with Gasteiger partial charge in [-0.25, -0.2) is 4.98 Å². The van der Waals surface area contributed by atoms with Gasteiger partial charge in [-0.3, -0.25) is 4.79 Å². The second-order valence-electron chi connectivity index (χ2n) is 1.50. The fourth-order valence-electron chi connectivity index (χ4n) is 0.465. The molecule has 0 saturated carbocycles. The van der Waals surface area contributed by atoms with Crippen molar-refractivity contribution < 1.29 is 5.11 Å². The van der Waals surface area contributed by atoms with E-state index in [1.54, 1.807) is 0 Å². The minimum atomic E-state index is -0.748. The molecule has 52 valence electrons. The Morgan fingerprint density at radius 1 is 1.70 bits per heavy atom. The van der Waals surface area contributed by atoms with Crippen LogP contribution in [0.2, 0.25) is 0 Å². The minimum Gasteiger partial charge on any atom is -0.491 e. The standard InChI is InChI=1S/C4H3N3O3/c8-3-2(7-10)4(9)6-1-5-3/h1H,(H2,5,6,8,9). The molecule has 0 aliphatic rings. The summed E-state index contributed by atoms with van der Waals surface area (Å²) in [5, 5.41) is 10.9. The summed E-state index contributed by atoms with van der Waals surface area (Å²) in [5.41, 5.74) is -1.34. The van der Waals surface area contributed by atoms with Crippen LogP contribution >= 0.6 is 0 Å². The van der Waals surface area contributed by atoms with Crippen molar-refractivity contribution in [1.82, 2.24) is 9.97 Å². The molecule has 1 rings (SSSR count). The van der Waals surface area contributed by atoms with E-state index in [9.17, 15) is 9.70 Å². The molecular formula is C4H3N3O3. The van der Waals surface area contributed by atoms with Crippen LogP contribution in [0.5, 0.6) is 5.88 Å². The molecular weight excluding hydrogens is 138 g/mol. The average molecular weight is 141 g/mol. The number of nitrogens with zero attached hydrogens (tertiary/aromatic N) is 2. The fraction of sp³-hybridized carbons (Fsp3) is 0. The van der Waals surface area contributed by atoms with Gasteiger partial charge in [0.2, 0.25) is 11.6 Å². The smallest absolute Gasteiger partial charge is 0.284 e. The Morgan fingerprint density at radius 3 is 2.80 bits per heavy atom. The zero-order chi connectivity index (χ0) is 7.56. The maximum atomic E-state index is 10.5. The first-order valence-corrected chi connectivity index (χ1v) is 2.35. The first-order valence-electron chi connectivity index (χ1n) is 2.35. The van der Waals surface area contributed by atoms with E-state index in [0.717, 1.165) is 6.33 Å². The van der Waals surface area contributed by atoms with Crippen molar-refractivity contribution in [2.75, 3.05) is 0 Å². The Bertz CT molecular complexity index is 305. The number of rotatable bonds is 1. The number of nitroso groups, excluding NO2 is 1. The van der Waals surface area contributed by atoms with Gasteiger partial charge in [0.05, 0.1) is 6.33 Å². The lowest BCUT2D eigenvalue weighted by atomic mass is 10.5. The molecule has 0 aliphatic heterocycles. The number of nitrogens with one attached hydrogen (secondary N) is 1. The highest BCUT2D eigenvalue weighted by atomic mass is 16.3. The zero-order valence-electron chi connectivity index (χ0n) is 4.74. The first kappa shape index (κ1) is 6.40. The van der Waals surface area contributed by atoms with Gasteiger partial charge in [0.25, 0.3) is 5.56 Å². The lowest BCUT2D eigenvalue weighted by molar-refractivity contribution is 0.452. The Hall–Kier alpha value is -1.72. The Balaban J connectivity index is 3.45. The highest BCUT2D eigenvalue weighted by Crippen LogP contribution is 2.14. The SMILES string of the molecule is O=Nc1c(O)nc[nH]c1=O. The van der Waals surface area contributed by atoms with Crippen LogP contribution in [0.15, 0.2) is 16.3 Å². The largest absolute Gasteiger partial charge is 0.491 e. The third kappa shape index (κ3) is 0.859. The van der Waals surface area contributed by atoms with Crippen molar-refractivity contribution in [3.63, 3.8) is 0 Å². The second-order valence-corrected chi connectivity index (χ2v) is 1.50. The minimum absolute atomic E-state index is 0.595. The van der Waals surface area contributed by atoms with E-state index >= 15 is 0 Å². The zero-order valence-corrected chi connectivity index (χ0v) is 4.74. The van der Waals surface area contributed by atoms with E-state index in [1.807, 2.05) is 0 Å². The number of aromatic hydroxyl groups is 1. The van der Waals surface area contributed by atoms with Gasteiger partial charge in [-0.15, -0.1) is 4.91 Å². The maximum Gasteiger partial charge on any atom is 0.284 e. The molecule has 2 N–H and O–H groups in total. The highest BCUT2D eigenvalue weighted by Gasteiger charge is 2.05. The highest BCUT2D eigenvalue weighted by molar-refractivity contribution is 5.42. The topological polar surface area (TPSA) is 95.4 Å². The molecule has 0 spiro atoms. The molecule has 0 aliphatic carbocycles. The van der Waals surface area contributed by atoms with Crippen LogP contribution in [0.3, 0.4) is 0 Å². The van der Waals surface area contributed by atoms with Crippen LogP contribution in [-0.4, -0.2) is 15.1 Å². The van der Waals surface area contributed by atoms with Gasteiger partial charge in [-0.2, -0.15) is 0 Å². The molecule has 0 saturated heterocycles. The second kappa shape index (κ2) is 2.26. The monoisotopic (exact) mass is 141 g/mol. The van der Waals surface area contributed by atoms with Crippen molar-refractivity contribution in [3.8, 4) is 5.88 Å². The van der Waals surface area contributed by atoms with Crippen molar-refractivity contribution in [1.29, 1.82) is 0 Å². The molecule has 1 heterocycles. The van der Waals surface area contributed by atoms with E-state index in [0.29, 0.717) is 0 Å². The van der Waals surface area contributed by atoms with Crippen molar-refractivity contribution in [3.05, 3.63) is 21.6 Å². The molecule has 10 heavy (non-hydrogen) atoms. The normalized spacial score (nSPS) is 9.20. The molecule has 0 bridgehead atoms. The Morgan fingerprint density at radius 2 is 2.40 bits per heavy atom. The van der Waals surface area contributed by atoms with Gasteiger partial charge in [0.1, 0.15) is 0 Å². The summed E-state index contributed by atoms with van der Waals surface area (Å²) < 4.78 is 0. The maximum absolute atomic E-state index is 10.5. The molecule has 1 aromatic rings. The van der Waals surface area contributed by atoms with Gasteiger partial charge < -0.3 is 10.1 Å². The predicted molar refractivity (Wildman–Crippen MR) is 32.0 cm³/mol. The molecule has 0 aromatic carbocycles. The molecule has 0 radical (unpaired) electrons. The van der Waals surface area contributed by atoms with Gasteiger partial charge in [-0.1, -0.05) is 0 Å². The third-order valence-corrected chi connectivity index (χ3v) is 0.901. The van der Waals surface area contributed by atoms with Crippen LogP contribution in [0.1, 0.15) is 0 Å². The molecule has 1 aromatic heterocycles. The van der Waals surface area contributed by atoms with Gasteiger partial charge >= 0.3 is 0 Å². The molecule has 0 unspecified atom stereocenters. The van der Waals surface area contributed by atoms with Crippen LogP contribution < -0.4 is 5.56 Å². The quantitative estimate of drug-likeness (QED) is 0.532. The van der Waals surface area contributed by atoms with E-state index in [2.05, 4.69) is 15.1 Å². The van der Waals surface area contributed by atoms with Crippen LogP contribution in [0.4, 0.5) is 5.69 Å². The Kier molecular flexibility index (Phi) is 1.44. The Labute approximate surface area is 54.5 Å². The number of H-pyrrole nitrogens is 1. The van der Waals surface area contributed by atoms with Crippen LogP contribution in [-0.2, 0) is 0 Å². The van der Waals surface area contributed by atoms with Crippen LogP contribution in [0.25, 0.3) is 0 Å². The van der Waals surface area contributed by atoms with Crippen LogP contribution in [0, 0.1) is 4.91 Å². The van der Waals surface area contributed by atoms with E-state index in [4.69, 9.17) is 5.11 Å². The molecule has 0 atom stereocenters. The van der Waals surface area contributed by atoms with E-state index in [1.165, 1.54) is 0 Å². The predicted octanol–water partition coefficient (Wildman–Crippen LogP) is -0.127. The molecule has 6 heteroatoms. The molecule has 0 fully saturated rings. The lowest BCUT2D eigenvalue weighted by Crippen LogP contribution is -2.04. The summed E-state index contributed by atoms with van der Waals surface area (Å²) in [6, 6.07) is 0. The van der Waals surface area contributed by atoms with Gasteiger partial charge in [0.15, 0.2) is 0 Å². The van der Waals surface area contributed by atoms with E-state index < -0.39 is 17.1 Å². The summed E-state index contributed by atoms with van der Waals surface area (Å²) in [4.78, 5) is 25.6. The summed E-state index contributed by atoms with van der Waals surface area (Å²) >= 11 is 0. The summed E-state index contributed by atoms with van der Waals surface area (Å²) in [7, 11) is 0. The molecule has 0 amide bonds. The van der Waals surface area contributed by atoms with Gasteiger partial charge in [-0.05, 0) is 5.18 Å². The van der Waals surface area contributed by atoms with Gasteiger partial charge in [0, 0.05) is 0 Å².